The van der Waals surface area contributed by atoms with Crippen molar-refractivity contribution in [3.8, 4) is 0 Å². The fraction of sp³-hybridized carbons (Fsp3) is 1.00. The first-order valence-corrected chi connectivity index (χ1v) is 5.48. The van der Waals surface area contributed by atoms with Crippen LogP contribution in [-0.4, -0.2) is 43.8 Å². The molecule has 0 amide bonds. The van der Waals surface area contributed by atoms with E-state index in [2.05, 4.69) is 25.8 Å². The zero-order valence-corrected chi connectivity index (χ0v) is 9.92. The molecule has 0 heterocycles. The van der Waals surface area contributed by atoms with Gasteiger partial charge in [-0.2, -0.15) is 0 Å². The van der Waals surface area contributed by atoms with E-state index in [4.69, 9.17) is 10.5 Å². The lowest BCUT2D eigenvalue weighted by Gasteiger charge is -2.42. The molecule has 1 fully saturated rings. The number of methoxy groups -OCH3 is 1. The third-order valence-corrected chi connectivity index (χ3v) is 3.74. The Kier molecular flexibility index (Phi) is 3.93. The van der Waals surface area contributed by atoms with Crippen LogP contribution in [0.2, 0.25) is 0 Å². The molecule has 0 aromatic carbocycles. The van der Waals surface area contributed by atoms with Gasteiger partial charge in [0.2, 0.25) is 0 Å². The highest BCUT2D eigenvalue weighted by Crippen LogP contribution is 2.32. The summed E-state index contributed by atoms with van der Waals surface area (Å²) >= 11 is 0. The maximum Gasteiger partial charge on any atom is 0.0736 e. The molecule has 0 aliphatic heterocycles. The molecule has 0 saturated heterocycles. The van der Waals surface area contributed by atoms with Gasteiger partial charge >= 0.3 is 0 Å². The number of likely N-dealkylation sites (N-methyl/N-ethyl adjacent to an activating group) is 1. The molecule has 14 heavy (non-hydrogen) atoms. The summed E-state index contributed by atoms with van der Waals surface area (Å²) in [5.74, 6) is 0.898. The third-order valence-electron chi connectivity index (χ3n) is 3.74. The van der Waals surface area contributed by atoms with Gasteiger partial charge in [-0.1, -0.05) is 0 Å². The maximum atomic E-state index is 5.86. The van der Waals surface area contributed by atoms with E-state index in [-0.39, 0.29) is 11.6 Å². The first kappa shape index (κ1) is 12.0. The van der Waals surface area contributed by atoms with Crippen LogP contribution in [0.4, 0.5) is 0 Å². The fourth-order valence-electron chi connectivity index (χ4n) is 1.78. The van der Waals surface area contributed by atoms with Crippen LogP contribution < -0.4 is 5.73 Å². The normalized spacial score (nSPS) is 23.6. The number of ether oxygens (including phenoxy) is 1. The Bertz CT molecular complexity index is 182. The minimum absolute atomic E-state index is 0.0304. The van der Waals surface area contributed by atoms with Crippen LogP contribution in [0.1, 0.15) is 26.7 Å². The topological polar surface area (TPSA) is 38.5 Å². The number of nitrogens with zero attached hydrogens (tertiary/aromatic N) is 1. The lowest BCUT2D eigenvalue weighted by atomic mass is 9.93. The van der Waals surface area contributed by atoms with Gasteiger partial charge in [0, 0.05) is 20.2 Å². The highest BCUT2D eigenvalue weighted by Gasteiger charge is 2.36. The Balaban J connectivity index is 2.55. The molecule has 3 nitrogen and oxygen atoms in total. The summed E-state index contributed by atoms with van der Waals surface area (Å²) in [6, 6.07) is 0. The van der Waals surface area contributed by atoms with Gasteiger partial charge in [0.25, 0.3) is 0 Å². The second-order valence-electron chi connectivity index (χ2n) is 4.76. The minimum Gasteiger partial charge on any atom is -0.380 e. The average molecular weight is 200 g/mol. The summed E-state index contributed by atoms with van der Waals surface area (Å²) in [5.41, 5.74) is 5.83. The molecule has 1 aliphatic carbocycles. The molecule has 2 atom stereocenters. The zero-order valence-electron chi connectivity index (χ0n) is 9.92. The number of rotatable bonds is 6. The van der Waals surface area contributed by atoms with E-state index in [1.165, 1.54) is 12.8 Å². The van der Waals surface area contributed by atoms with Crippen molar-refractivity contribution >= 4 is 0 Å². The quantitative estimate of drug-likeness (QED) is 0.697. The van der Waals surface area contributed by atoms with Crippen LogP contribution >= 0.6 is 0 Å². The highest BCUT2D eigenvalue weighted by molar-refractivity contribution is 4.93. The van der Waals surface area contributed by atoms with Crippen molar-refractivity contribution in [3.63, 3.8) is 0 Å². The van der Waals surface area contributed by atoms with Gasteiger partial charge in [0.1, 0.15) is 0 Å². The first-order valence-electron chi connectivity index (χ1n) is 5.48. The summed E-state index contributed by atoms with van der Waals surface area (Å²) < 4.78 is 5.41. The standard InChI is InChI=1S/C11H24N2O/c1-9(14-4)11(2,8-12)13(3)7-10-5-6-10/h9-10H,5-8,12H2,1-4H3. The molecule has 0 aromatic heterocycles. The van der Waals surface area contributed by atoms with E-state index >= 15 is 0 Å². The molecular formula is C11H24N2O. The maximum absolute atomic E-state index is 5.86. The second-order valence-corrected chi connectivity index (χ2v) is 4.76. The highest BCUT2D eigenvalue weighted by atomic mass is 16.5. The molecule has 1 saturated carbocycles. The minimum atomic E-state index is -0.0304. The number of hydrogen-bond acceptors (Lipinski definition) is 3. The van der Waals surface area contributed by atoms with E-state index in [1.54, 1.807) is 7.11 Å². The Labute approximate surface area is 87.6 Å². The lowest BCUT2D eigenvalue weighted by molar-refractivity contribution is -0.0211. The molecule has 2 unspecified atom stereocenters. The van der Waals surface area contributed by atoms with Gasteiger partial charge in [-0.25, -0.2) is 0 Å². The van der Waals surface area contributed by atoms with E-state index in [0.717, 1.165) is 12.5 Å². The smallest absolute Gasteiger partial charge is 0.0736 e. The van der Waals surface area contributed by atoms with E-state index < -0.39 is 0 Å². The Morgan fingerprint density at radius 1 is 1.57 bits per heavy atom. The van der Waals surface area contributed by atoms with E-state index in [9.17, 15) is 0 Å². The van der Waals surface area contributed by atoms with Crippen molar-refractivity contribution < 1.29 is 4.74 Å². The predicted molar refractivity (Wildman–Crippen MR) is 59.3 cm³/mol. The van der Waals surface area contributed by atoms with Crippen LogP contribution in [0.5, 0.6) is 0 Å². The molecule has 84 valence electrons. The summed E-state index contributed by atoms with van der Waals surface area (Å²) in [6.45, 7) is 6.08. The Morgan fingerprint density at radius 2 is 2.14 bits per heavy atom. The molecule has 0 radical (unpaired) electrons. The monoisotopic (exact) mass is 200 g/mol. The lowest BCUT2D eigenvalue weighted by Crippen LogP contribution is -2.57. The predicted octanol–water partition coefficient (Wildman–Crippen LogP) is 1.08. The van der Waals surface area contributed by atoms with E-state index in [0.29, 0.717) is 6.54 Å². The molecule has 3 heteroatoms. The van der Waals surface area contributed by atoms with Crippen molar-refractivity contribution in [3.05, 3.63) is 0 Å². The van der Waals surface area contributed by atoms with Gasteiger partial charge in [-0.05, 0) is 39.7 Å². The van der Waals surface area contributed by atoms with Crippen LogP contribution in [-0.2, 0) is 4.74 Å². The van der Waals surface area contributed by atoms with Crippen molar-refractivity contribution in [1.82, 2.24) is 4.90 Å². The van der Waals surface area contributed by atoms with Crippen LogP contribution in [0.15, 0.2) is 0 Å². The molecule has 0 spiro atoms. The summed E-state index contributed by atoms with van der Waals surface area (Å²) in [6.07, 6.45) is 2.94. The SMILES string of the molecule is COC(C)C(C)(CN)N(C)CC1CC1. The van der Waals surface area contributed by atoms with Gasteiger partial charge < -0.3 is 10.5 Å². The van der Waals surface area contributed by atoms with Crippen molar-refractivity contribution in [2.24, 2.45) is 11.7 Å². The largest absolute Gasteiger partial charge is 0.380 e. The van der Waals surface area contributed by atoms with Gasteiger partial charge in [-0.3, -0.25) is 4.90 Å². The van der Waals surface area contributed by atoms with Crippen LogP contribution in [0.25, 0.3) is 0 Å². The van der Waals surface area contributed by atoms with Crippen LogP contribution in [0.3, 0.4) is 0 Å². The zero-order chi connectivity index (χ0) is 10.8. The van der Waals surface area contributed by atoms with Crippen LogP contribution in [0, 0.1) is 5.92 Å². The van der Waals surface area contributed by atoms with Crippen molar-refractivity contribution in [2.75, 3.05) is 27.2 Å². The van der Waals surface area contributed by atoms with Crippen molar-refractivity contribution in [1.29, 1.82) is 0 Å². The molecular weight excluding hydrogens is 176 g/mol. The van der Waals surface area contributed by atoms with Gasteiger partial charge in [0.15, 0.2) is 0 Å². The third kappa shape index (κ3) is 2.47. The summed E-state index contributed by atoms with van der Waals surface area (Å²) in [5, 5.41) is 0. The molecule has 1 rings (SSSR count). The number of hydrogen-bond donors (Lipinski definition) is 1. The van der Waals surface area contributed by atoms with E-state index in [1.807, 2.05) is 0 Å². The molecule has 0 aromatic rings. The molecule has 2 N–H and O–H groups in total. The molecule has 1 aliphatic rings. The molecule has 0 bridgehead atoms. The van der Waals surface area contributed by atoms with Gasteiger partial charge in [-0.15, -0.1) is 0 Å². The van der Waals surface area contributed by atoms with Crippen molar-refractivity contribution in [2.45, 2.75) is 38.3 Å². The average Bonchev–Trinajstić information content (AvgIpc) is 2.98. The van der Waals surface area contributed by atoms with Gasteiger partial charge in [0.05, 0.1) is 11.6 Å². The summed E-state index contributed by atoms with van der Waals surface area (Å²) in [7, 11) is 3.91. The second kappa shape index (κ2) is 4.60. The Hall–Kier alpha value is -0.120. The Morgan fingerprint density at radius 3 is 2.50 bits per heavy atom. The number of nitrogens with two attached hydrogens (primary N) is 1. The summed E-state index contributed by atoms with van der Waals surface area (Å²) in [4.78, 5) is 2.36. The fourth-order valence-corrected chi connectivity index (χ4v) is 1.78. The first-order chi connectivity index (χ1) is 6.54.